The van der Waals surface area contributed by atoms with Crippen LogP contribution in [0, 0.1) is 5.92 Å². The monoisotopic (exact) mass is 274 g/mol. The van der Waals surface area contributed by atoms with Crippen LogP contribution in [0.1, 0.15) is 51.7 Å². The second kappa shape index (κ2) is 4.32. The van der Waals surface area contributed by atoms with Crippen LogP contribution in [0.25, 0.3) is 0 Å². The Morgan fingerprint density at radius 3 is 2.35 bits per heavy atom. The smallest absolute Gasteiger partial charge is 0.0747 e. The van der Waals surface area contributed by atoms with E-state index < -0.39 is 5.60 Å². The van der Waals surface area contributed by atoms with Gasteiger partial charge in [-0.3, -0.25) is 0 Å². The predicted molar refractivity (Wildman–Crippen MR) is 80.8 cm³/mol. The van der Waals surface area contributed by atoms with Crippen LogP contribution in [0.2, 0.25) is 0 Å². The molecule has 1 aliphatic carbocycles. The molecule has 1 aliphatic heterocycles. The molecule has 1 saturated heterocycles. The molecule has 0 bridgehead atoms. The molecule has 1 N–H and O–H groups in total. The average Bonchev–Trinajstić information content (AvgIpc) is 2.58. The van der Waals surface area contributed by atoms with Gasteiger partial charge in [0.05, 0.1) is 16.8 Å². The lowest BCUT2D eigenvalue weighted by Gasteiger charge is -2.43. The van der Waals surface area contributed by atoms with E-state index in [4.69, 9.17) is 4.74 Å². The van der Waals surface area contributed by atoms with Gasteiger partial charge in [0, 0.05) is 12.3 Å². The minimum Gasteiger partial charge on any atom is -0.389 e. The van der Waals surface area contributed by atoms with E-state index in [2.05, 4.69) is 52.0 Å². The number of ether oxygens (including phenoxy) is 1. The van der Waals surface area contributed by atoms with E-state index in [1.54, 1.807) is 0 Å². The van der Waals surface area contributed by atoms with Crippen LogP contribution < -0.4 is 0 Å². The largest absolute Gasteiger partial charge is 0.389 e. The first-order valence-corrected chi connectivity index (χ1v) is 7.71. The molecule has 110 valence electrons. The van der Waals surface area contributed by atoms with Crippen LogP contribution in [0.4, 0.5) is 0 Å². The predicted octanol–water partition coefficient (Wildman–Crippen LogP) is 3.50. The average molecular weight is 274 g/mol. The SMILES string of the molecule is CC1(C)CC(C2(O)CCc3ccccc3C2)C(C)(C)O1. The molecule has 1 aromatic rings. The van der Waals surface area contributed by atoms with E-state index in [0.717, 1.165) is 25.7 Å². The number of benzene rings is 1. The molecule has 1 aromatic carbocycles. The van der Waals surface area contributed by atoms with Gasteiger partial charge in [0.15, 0.2) is 0 Å². The van der Waals surface area contributed by atoms with Crippen LogP contribution in [0.5, 0.6) is 0 Å². The lowest BCUT2D eigenvalue weighted by atomic mass is 9.67. The van der Waals surface area contributed by atoms with Gasteiger partial charge in [-0.1, -0.05) is 24.3 Å². The Morgan fingerprint density at radius 1 is 1.10 bits per heavy atom. The molecule has 0 amide bonds. The highest BCUT2D eigenvalue weighted by molar-refractivity contribution is 5.32. The molecule has 2 nitrogen and oxygen atoms in total. The zero-order chi connectivity index (χ0) is 14.6. The van der Waals surface area contributed by atoms with E-state index >= 15 is 0 Å². The van der Waals surface area contributed by atoms with Gasteiger partial charge in [0.25, 0.3) is 0 Å². The Bertz CT molecular complexity index is 518. The molecule has 0 saturated carbocycles. The van der Waals surface area contributed by atoms with Gasteiger partial charge in [-0.05, 0) is 58.1 Å². The van der Waals surface area contributed by atoms with Crippen molar-refractivity contribution in [1.82, 2.24) is 0 Å². The maximum Gasteiger partial charge on any atom is 0.0747 e. The van der Waals surface area contributed by atoms with Gasteiger partial charge in [-0.25, -0.2) is 0 Å². The van der Waals surface area contributed by atoms with E-state index in [0.29, 0.717) is 0 Å². The summed E-state index contributed by atoms with van der Waals surface area (Å²) < 4.78 is 6.20. The van der Waals surface area contributed by atoms with Crippen LogP contribution in [0.15, 0.2) is 24.3 Å². The number of aliphatic hydroxyl groups is 1. The first-order chi connectivity index (χ1) is 9.22. The summed E-state index contributed by atoms with van der Waals surface area (Å²) in [6, 6.07) is 8.52. The van der Waals surface area contributed by atoms with Crippen molar-refractivity contribution in [3.8, 4) is 0 Å². The Balaban J connectivity index is 1.91. The third kappa shape index (κ3) is 2.29. The van der Waals surface area contributed by atoms with Gasteiger partial charge in [-0.2, -0.15) is 0 Å². The topological polar surface area (TPSA) is 29.5 Å². The van der Waals surface area contributed by atoms with Gasteiger partial charge < -0.3 is 9.84 Å². The minimum atomic E-state index is -0.633. The van der Waals surface area contributed by atoms with Crippen molar-refractivity contribution in [2.45, 2.75) is 70.2 Å². The Hall–Kier alpha value is -0.860. The summed E-state index contributed by atoms with van der Waals surface area (Å²) in [6.45, 7) is 8.53. The maximum atomic E-state index is 11.3. The normalized spacial score (nSPS) is 34.8. The molecular formula is C18H26O2. The fourth-order valence-corrected chi connectivity index (χ4v) is 4.44. The second-order valence-electron chi connectivity index (χ2n) is 7.77. The molecule has 2 unspecified atom stereocenters. The summed E-state index contributed by atoms with van der Waals surface area (Å²) in [5.74, 6) is 0.193. The molecule has 1 heterocycles. The van der Waals surface area contributed by atoms with Crippen molar-refractivity contribution >= 4 is 0 Å². The Labute approximate surface area is 122 Å². The molecule has 2 aliphatic rings. The standard InChI is InChI=1S/C18H26O2/c1-16(2)12-15(17(3,4)20-16)18(19)10-9-13-7-5-6-8-14(13)11-18/h5-8,15,19H,9-12H2,1-4H3. The highest BCUT2D eigenvalue weighted by Gasteiger charge is 2.55. The second-order valence-corrected chi connectivity index (χ2v) is 7.77. The van der Waals surface area contributed by atoms with E-state index in [1.165, 1.54) is 11.1 Å². The molecule has 20 heavy (non-hydrogen) atoms. The van der Waals surface area contributed by atoms with E-state index in [9.17, 15) is 5.11 Å². The summed E-state index contributed by atoms with van der Waals surface area (Å²) in [6.07, 6.45) is 3.51. The van der Waals surface area contributed by atoms with Crippen LogP contribution in [0.3, 0.4) is 0 Å². The van der Waals surface area contributed by atoms with Crippen LogP contribution in [-0.2, 0) is 17.6 Å². The van der Waals surface area contributed by atoms with E-state index in [-0.39, 0.29) is 17.1 Å². The molecule has 3 rings (SSSR count). The Kier molecular flexibility index (Phi) is 3.04. The molecule has 0 aromatic heterocycles. The lowest BCUT2D eigenvalue weighted by molar-refractivity contribution is -0.117. The highest BCUT2D eigenvalue weighted by Crippen LogP contribution is 2.50. The number of hydrogen-bond donors (Lipinski definition) is 1. The van der Waals surface area contributed by atoms with Crippen LogP contribution >= 0.6 is 0 Å². The number of hydrogen-bond acceptors (Lipinski definition) is 2. The van der Waals surface area contributed by atoms with Crippen molar-refractivity contribution in [2.75, 3.05) is 0 Å². The van der Waals surface area contributed by atoms with Gasteiger partial charge >= 0.3 is 0 Å². The zero-order valence-electron chi connectivity index (χ0n) is 13.1. The molecule has 1 fully saturated rings. The van der Waals surface area contributed by atoms with Crippen molar-refractivity contribution < 1.29 is 9.84 Å². The zero-order valence-corrected chi connectivity index (χ0v) is 13.1. The van der Waals surface area contributed by atoms with Crippen molar-refractivity contribution in [3.05, 3.63) is 35.4 Å². The summed E-state index contributed by atoms with van der Waals surface area (Å²) in [7, 11) is 0. The third-order valence-electron chi connectivity index (χ3n) is 5.17. The van der Waals surface area contributed by atoms with Gasteiger partial charge in [0.1, 0.15) is 0 Å². The summed E-state index contributed by atoms with van der Waals surface area (Å²) in [5, 5.41) is 11.3. The molecular weight excluding hydrogens is 248 g/mol. The summed E-state index contributed by atoms with van der Waals surface area (Å²) in [5.41, 5.74) is 1.67. The molecule has 0 radical (unpaired) electrons. The maximum absolute atomic E-state index is 11.3. The Morgan fingerprint density at radius 2 is 1.75 bits per heavy atom. The molecule has 2 heteroatoms. The van der Waals surface area contributed by atoms with Crippen molar-refractivity contribution in [3.63, 3.8) is 0 Å². The number of aryl methyl sites for hydroxylation is 1. The quantitative estimate of drug-likeness (QED) is 0.849. The molecule has 2 atom stereocenters. The lowest BCUT2D eigenvalue weighted by Crippen LogP contribution is -2.50. The van der Waals surface area contributed by atoms with Crippen LogP contribution in [-0.4, -0.2) is 21.9 Å². The van der Waals surface area contributed by atoms with E-state index in [1.807, 2.05) is 0 Å². The van der Waals surface area contributed by atoms with Gasteiger partial charge in [-0.15, -0.1) is 0 Å². The minimum absolute atomic E-state index is 0.138. The number of rotatable bonds is 1. The fourth-order valence-electron chi connectivity index (χ4n) is 4.44. The summed E-state index contributed by atoms with van der Waals surface area (Å²) in [4.78, 5) is 0. The summed E-state index contributed by atoms with van der Waals surface area (Å²) >= 11 is 0. The molecule has 0 spiro atoms. The number of fused-ring (bicyclic) bond motifs is 1. The van der Waals surface area contributed by atoms with Crippen molar-refractivity contribution in [2.24, 2.45) is 5.92 Å². The van der Waals surface area contributed by atoms with Crippen molar-refractivity contribution in [1.29, 1.82) is 0 Å². The fraction of sp³-hybridized carbons (Fsp3) is 0.667. The highest BCUT2D eigenvalue weighted by atomic mass is 16.5. The third-order valence-corrected chi connectivity index (χ3v) is 5.17. The first kappa shape index (κ1) is 14.1. The first-order valence-electron chi connectivity index (χ1n) is 7.71. The van der Waals surface area contributed by atoms with Gasteiger partial charge in [0.2, 0.25) is 0 Å².